The maximum absolute atomic E-state index is 5.10. The van der Waals surface area contributed by atoms with Crippen molar-refractivity contribution in [1.29, 1.82) is 0 Å². The van der Waals surface area contributed by atoms with Gasteiger partial charge in [-0.1, -0.05) is 159 Å². The molecule has 0 aliphatic heterocycles. The van der Waals surface area contributed by atoms with Crippen LogP contribution in [0.1, 0.15) is 16.7 Å². The van der Waals surface area contributed by atoms with E-state index >= 15 is 0 Å². The van der Waals surface area contributed by atoms with Crippen molar-refractivity contribution in [1.82, 2.24) is 0 Å². The maximum atomic E-state index is 5.10. The molecule has 0 aliphatic rings. The lowest BCUT2D eigenvalue weighted by atomic mass is 10.2. The van der Waals surface area contributed by atoms with Crippen LogP contribution in [0.4, 0.5) is 0 Å². The molecule has 0 aliphatic carbocycles. The molecule has 0 unspecified atom stereocenters. The van der Waals surface area contributed by atoms with Crippen molar-refractivity contribution in [2.75, 3.05) is 0 Å². The molecule has 5 rings (SSSR count). The van der Waals surface area contributed by atoms with E-state index in [0.717, 1.165) is 16.7 Å². The Labute approximate surface area is 255 Å². The van der Waals surface area contributed by atoms with E-state index in [2.05, 4.69) is 140 Å². The van der Waals surface area contributed by atoms with Crippen LogP contribution in [0.25, 0.3) is 0 Å². The Morgan fingerprint density at radius 1 is 0.381 bits per heavy atom. The second kappa shape index (κ2) is 16.5. The molecule has 0 atom stereocenters. The van der Waals surface area contributed by atoms with Gasteiger partial charge in [0.25, 0.3) is 0 Å². The van der Waals surface area contributed by atoms with Gasteiger partial charge in [0.2, 0.25) is 0 Å². The van der Waals surface area contributed by atoms with Crippen LogP contribution in [0.3, 0.4) is 0 Å². The van der Waals surface area contributed by atoms with Crippen LogP contribution in [-0.4, -0.2) is 16.1 Å². The van der Waals surface area contributed by atoms with Crippen LogP contribution in [0.2, 0.25) is 26.2 Å². The van der Waals surface area contributed by atoms with Crippen LogP contribution in [0, 0.1) is 35.3 Å². The van der Waals surface area contributed by atoms with E-state index < -0.39 is 16.1 Å². The first kappa shape index (κ1) is 31.7. The summed E-state index contributed by atoms with van der Waals surface area (Å²) in [6.45, 7) is 9.16. The molecule has 0 N–H and O–H groups in total. The molecule has 42 heavy (non-hydrogen) atoms. The van der Waals surface area contributed by atoms with Gasteiger partial charge in [-0.3, -0.25) is 0 Å². The molecule has 5 aromatic rings. The summed E-state index contributed by atoms with van der Waals surface area (Å²) in [5.74, 6) is 9.12. The minimum atomic E-state index is -1.62. The Hall–Kier alpha value is -4.79. The fraction of sp³-hybridized carbons (Fsp3) is 0.100. The molecule has 0 fully saturated rings. The third-order valence-electron chi connectivity index (χ3n) is 6.52. The van der Waals surface area contributed by atoms with E-state index in [9.17, 15) is 0 Å². The highest BCUT2D eigenvalue weighted by molar-refractivity contribution is 6.96. The number of terminal acetylenes is 1. The van der Waals surface area contributed by atoms with Gasteiger partial charge in [-0.05, 0) is 46.8 Å². The minimum absolute atomic E-state index is 0.938. The second-order valence-electron chi connectivity index (χ2n) is 10.7. The van der Waals surface area contributed by atoms with Crippen molar-refractivity contribution < 1.29 is 0 Å². The van der Waals surface area contributed by atoms with Gasteiger partial charge in [0.1, 0.15) is 0 Å². The van der Waals surface area contributed by atoms with Crippen molar-refractivity contribution in [3.8, 4) is 35.3 Å². The van der Waals surface area contributed by atoms with E-state index in [1.54, 1.807) is 0 Å². The molecule has 2 heteroatoms. The molecule has 0 radical (unpaired) electrons. The molecular formula is C40H38Si2. The average molecular weight is 575 g/mol. The summed E-state index contributed by atoms with van der Waals surface area (Å²) in [4.78, 5) is 0. The molecule has 0 heterocycles. The molecule has 0 nitrogen and oxygen atoms in total. The van der Waals surface area contributed by atoms with E-state index in [1.165, 1.54) is 10.4 Å². The van der Waals surface area contributed by atoms with E-state index in [4.69, 9.17) is 6.42 Å². The van der Waals surface area contributed by atoms with Crippen molar-refractivity contribution in [2.24, 2.45) is 0 Å². The Bertz CT molecular complexity index is 1540. The number of benzene rings is 5. The Balaban J connectivity index is 0.000000184. The molecule has 0 spiro atoms. The molecule has 206 valence electrons. The first-order valence-corrected chi connectivity index (χ1v) is 20.1. The smallest absolute Gasteiger partial charge is 0.121 e. The summed E-state index contributed by atoms with van der Waals surface area (Å²) >= 11 is 0. The third-order valence-corrected chi connectivity index (χ3v) is 11.6. The Morgan fingerprint density at radius 3 is 0.905 bits per heavy atom. The van der Waals surface area contributed by atoms with Gasteiger partial charge in [-0.15, -0.1) is 17.5 Å². The highest BCUT2D eigenvalue weighted by atomic mass is 28.3. The predicted octanol–water partition coefficient (Wildman–Crippen LogP) is 8.05. The lowest BCUT2D eigenvalue weighted by Crippen LogP contribution is -2.39. The summed E-state index contributed by atoms with van der Waals surface area (Å²) in [6.07, 6.45) is 5.10. The molecule has 0 aromatic heterocycles. The highest BCUT2D eigenvalue weighted by Gasteiger charge is 2.20. The molecule has 0 saturated carbocycles. The lowest BCUT2D eigenvalue weighted by Gasteiger charge is -2.14. The summed E-state index contributed by atoms with van der Waals surface area (Å²) < 4.78 is 0. The molecule has 0 saturated heterocycles. The fourth-order valence-corrected chi connectivity index (χ4v) is 7.14. The third kappa shape index (κ3) is 11.0. The second-order valence-corrected chi connectivity index (χ2v) is 18.9. The summed E-state index contributed by atoms with van der Waals surface area (Å²) in [6, 6.07) is 51.2. The van der Waals surface area contributed by atoms with Gasteiger partial charge < -0.3 is 0 Å². The van der Waals surface area contributed by atoms with Gasteiger partial charge in [-0.25, -0.2) is 0 Å². The number of hydrogen-bond acceptors (Lipinski definition) is 0. The van der Waals surface area contributed by atoms with Crippen LogP contribution in [0.5, 0.6) is 0 Å². The predicted molar refractivity (Wildman–Crippen MR) is 188 cm³/mol. The van der Waals surface area contributed by atoms with Crippen LogP contribution < -0.4 is 10.4 Å². The Morgan fingerprint density at radius 2 is 0.643 bits per heavy atom. The minimum Gasteiger partial charge on any atom is -0.121 e. The Kier molecular flexibility index (Phi) is 12.4. The topological polar surface area (TPSA) is 0 Å². The lowest BCUT2D eigenvalue weighted by molar-refractivity contribution is 1.65. The maximum Gasteiger partial charge on any atom is 0.163 e. The molecular weight excluding hydrogens is 537 g/mol. The quantitative estimate of drug-likeness (QED) is 0.148. The summed E-state index contributed by atoms with van der Waals surface area (Å²) in [5.41, 5.74) is 10.1. The zero-order chi connectivity index (χ0) is 30.1. The first-order chi connectivity index (χ1) is 20.3. The first-order valence-electron chi connectivity index (χ1n) is 14.1. The SMILES string of the molecule is C#Cc1ccccc1.C[Si](C)(C#Cc1ccccc1)c1ccccc1.C[Si](C)(C#Cc1ccccc1)c1ccccc1. The average Bonchev–Trinajstić information content (AvgIpc) is 3.06. The molecule has 0 amide bonds. The molecule has 0 bridgehead atoms. The van der Waals surface area contributed by atoms with Crippen molar-refractivity contribution >= 4 is 26.5 Å². The highest BCUT2D eigenvalue weighted by Crippen LogP contribution is 2.04. The van der Waals surface area contributed by atoms with Crippen molar-refractivity contribution in [3.05, 3.63) is 168 Å². The van der Waals surface area contributed by atoms with Gasteiger partial charge in [0, 0.05) is 16.7 Å². The zero-order valence-corrected chi connectivity index (χ0v) is 27.0. The monoisotopic (exact) mass is 574 g/mol. The van der Waals surface area contributed by atoms with Crippen LogP contribution >= 0.6 is 0 Å². The van der Waals surface area contributed by atoms with E-state index in [-0.39, 0.29) is 0 Å². The summed E-state index contributed by atoms with van der Waals surface area (Å²) in [7, 11) is -3.25. The van der Waals surface area contributed by atoms with E-state index in [1.807, 2.05) is 66.7 Å². The van der Waals surface area contributed by atoms with Crippen molar-refractivity contribution in [2.45, 2.75) is 26.2 Å². The largest absolute Gasteiger partial charge is 0.163 e. The van der Waals surface area contributed by atoms with Gasteiger partial charge in [0.15, 0.2) is 16.1 Å². The van der Waals surface area contributed by atoms with Crippen molar-refractivity contribution in [3.63, 3.8) is 0 Å². The van der Waals surface area contributed by atoms with E-state index in [0.29, 0.717) is 0 Å². The van der Waals surface area contributed by atoms with Crippen LogP contribution in [0.15, 0.2) is 152 Å². The normalized spacial score (nSPS) is 9.98. The fourth-order valence-electron chi connectivity index (χ4n) is 3.89. The molecule has 5 aromatic carbocycles. The van der Waals surface area contributed by atoms with Gasteiger partial charge in [-0.2, -0.15) is 0 Å². The number of rotatable bonds is 2. The summed E-state index contributed by atoms with van der Waals surface area (Å²) in [5, 5.41) is 2.78. The van der Waals surface area contributed by atoms with Crippen LogP contribution in [-0.2, 0) is 0 Å². The number of hydrogen-bond donors (Lipinski definition) is 0. The zero-order valence-electron chi connectivity index (χ0n) is 25.0. The van der Waals surface area contributed by atoms with Gasteiger partial charge >= 0.3 is 0 Å². The van der Waals surface area contributed by atoms with Gasteiger partial charge in [0.05, 0.1) is 0 Å². The standard InChI is InChI=1S/2C16H16Si.C8H6/c2*1-17(2,16-11-7-4-8-12-16)14-13-15-9-5-3-6-10-15;1-2-8-6-4-3-5-7-8/h2*3-12H,1-2H3;1,3-7H.